The minimum atomic E-state index is -1.55. The summed E-state index contributed by atoms with van der Waals surface area (Å²) >= 11 is 0. The van der Waals surface area contributed by atoms with Crippen LogP contribution in [0, 0.1) is 0 Å². The number of carbonyl (C=O) groups is 16. The van der Waals surface area contributed by atoms with Crippen LogP contribution in [-0.2, 0) is 127 Å². The van der Waals surface area contributed by atoms with E-state index in [1.165, 1.54) is 36.9 Å². The molecule has 0 aliphatic heterocycles. The fraction of sp³-hybridized carbons (Fsp3) is 0.764. The third-order valence-electron chi connectivity index (χ3n) is 21.2. The van der Waals surface area contributed by atoms with Crippen molar-refractivity contribution in [3.63, 3.8) is 0 Å². The van der Waals surface area contributed by atoms with Gasteiger partial charge in [0.2, 0.25) is 0 Å². The average molecular weight is 2040 g/mol. The number of pyridine rings is 2. The first-order valence-electron chi connectivity index (χ1n) is 51.1. The van der Waals surface area contributed by atoms with E-state index >= 15 is 19.2 Å². The first-order valence-corrected chi connectivity index (χ1v) is 51.1. The summed E-state index contributed by atoms with van der Waals surface area (Å²) in [7, 11) is 0. The molecule has 34 nitrogen and oxygen atoms in total. The highest BCUT2D eigenvalue weighted by molar-refractivity contribution is 6.01. The van der Waals surface area contributed by atoms with Crippen LogP contribution in [0.5, 0.6) is 0 Å². The maximum Gasteiger partial charge on any atom is 0.306 e. The largest absolute Gasteiger partial charge is 0.460 e. The van der Waals surface area contributed by atoms with Crippen LogP contribution in [0.1, 0.15) is 483 Å². The van der Waals surface area contributed by atoms with Gasteiger partial charge in [0, 0.05) is 112 Å². The summed E-state index contributed by atoms with van der Waals surface area (Å²) in [6, 6.07) is 2.69. The number of aryl methyl sites for hydroxylation is 2. The Kier molecular flexibility index (Phi) is 49.1. The molecule has 144 heavy (non-hydrogen) atoms. The Balaban J connectivity index is 3.24. The minimum Gasteiger partial charge on any atom is -0.460 e. The van der Waals surface area contributed by atoms with E-state index in [0.717, 1.165) is 0 Å². The Morgan fingerprint density at radius 2 is 0.285 bits per heavy atom. The molecule has 2 aromatic heterocycles. The lowest BCUT2D eigenvalue weighted by atomic mass is 9.83. The number of rotatable bonds is 53. The van der Waals surface area contributed by atoms with Crippen molar-refractivity contribution in [2.24, 2.45) is 0 Å². The maximum absolute atomic E-state index is 15.8. The van der Waals surface area contributed by atoms with Crippen LogP contribution < -0.4 is 30.4 Å². The SMILES string of the molecule is CC(C)(C)OC(=O)CCC(CCC(=O)OC(C)(C)C)(CCC(=O)OC(C)(C)C)NC(=O)c1cc(C(=O)NC(CCC(=O)OC(C)(C)C)(CCC(=O)OC(C)(C)C)CCC(=O)OC(C)(C)C)c[n+](CCCCCCCC[n+]2cc(C(=O)NC(CCC(=O)OC(C)(C)C)(CCC(=O)OC(C)(C)C)CCC(=O)OC(C)(C)C)cc(C(=O)NC(CCC(=O)OC(C)(C)C)(CCC(=O)OC(C)(C)C)CCC(=O)OC(C)(C)C)c2)c1. The van der Waals surface area contributed by atoms with Crippen LogP contribution in [0.3, 0.4) is 0 Å². The van der Waals surface area contributed by atoms with E-state index in [-0.39, 0.29) is 189 Å². The lowest BCUT2D eigenvalue weighted by Gasteiger charge is -2.36. The molecule has 0 aromatic carbocycles. The zero-order valence-electron chi connectivity index (χ0n) is 94.4. The number of unbranched alkanes of at least 4 members (excludes halogenated alkanes) is 5. The quantitative estimate of drug-likeness (QED) is 0.0207. The molecule has 2 aromatic rings. The second-order valence-corrected chi connectivity index (χ2v) is 50.2. The predicted molar refractivity (Wildman–Crippen MR) is 543 cm³/mol. The van der Waals surface area contributed by atoms with E-state index in [2.05, 4.69) is 21.3 Å². The first kappa shape index (κ1) is 130. The van der Waals surface area contributed by atoms with E-state index in [0.29, 0.717) is 38.5 Å². The molecule has 0 aliphatic carbocycles. The summed E-state index contributed by atoms with van der Waals surface area (Å²) in [4.78, 5) is 229. The van der Waals surface area contributed by atoms with Crippen LogP contribution in [0.4, 0.5) is 0 Å². The summed E-state index contributed by atoms with van der Waals surface area (Å²) in [5.74, 6) is -10.8. The first-order chi connectivity index (χ1) is 65.1. The van der Waals surface area contributed by atoms with E-state index in [4.69, 9.17) is 56.8 Å². The van der Waals surface area contributed by atoms with Crippen LogP contribution in [-0.4, -0.2) is 185 Å². The highest BCUT2D eigenvalue weighted by Crippen LogP contribution is 2.36. The molecule has 34 heteroatoms. The second kappa shape index (κ2) is 54.5. The van der Waals surface area contributed by atoms with Gasteiger partial charge < -0.3 is 78.1 Å². The van der Waals surface area contributed by atoms with Crippen molar-refractivity contribution < 1.29 is 143 Å². The van der Waals surface area contributed by atoms with Crippen molar-refractivity contribution >= 4 is 95.3 Å². The fourth-order valence-corrected chi connectivity index (χ4v) is 15.6. The van der Waals surface area contributed by atoms with Gasteiger partial charge in [0.15, 0.2) is 24.8 Å². The molecule has 2 heterocycles. The summed E-state index contributed by atoms with van der Waals surface area (Å²) in [5, 5.41) is 12.5. The third-order valence-corrected chi connectivity index (χ3v) is 21.2. The average Bonchev–Trinajstić information content (AvgIpc) is 0.804. The number of esters is 12. The van der Waals surface area contributed by atoms with Gasteiger partial charge in [0.1, 0.15) is 103 Å². The van der Waals surface area contributed by atoms with E-state index in [9.17, 15) is 57.5 Å². The highest BCUT2D eigenvalue weighted by atomic mass is 16.6. The Bertz CT molecular complexity index is 3770. The Morgan fingerprint density at radius 1 is 0.181 bits per heavy atom. The van der Waals surface area contributed by atoms with Crippen molar-refractivity contribution in [1.29, 1.82) is 0 Å². The number of aromatic nitrogens is 2. The van der Waals surface area contributed by atoms with Gasteiger partial charge in [0.05, 0.1) is 0 Å². The summed E-state index contributed by atoms with van der Waals surface area (Å²) < 4.78 is 72.5. The molecule has 818 valence electrons. The van der Waals surface area contributed by atoms with E-state index < -0.39 is 185 Å². The minimum absolute atomic E-state index is 0.0942. The number of hydrogen-bond donors (Lipinski definition) is 4. The monoisotopic (exact) mass is 2040 g/mol. The summed E-state index contributed by atoms with van der Waals surface area (Å²) in [5.41, 5.74) is -17.8. The fourth-order valence-electron chi connectivity index (χ4n) is 15.6. The van der Waals surface area contributed by atoms with Gasteiger partial charge in [-0.15, -0.1) is 0 Å². The normalized spacial score (nSPS) is 12.9. The van der Waals surface area contributed by atoms with Crippen LogP contribution in [0.15, 0.2) is 36.9 Å². The van der Waals surface area contributed by atoms with Gasteiger partial charge in [-0.25, -0.2) is 9.13 Å². The summed E-state index contributed by atoms with van der Waals surface area (Å²) in [6.07, 6.45) is 3.91. The van der Waals surface area contributed by atoms with Crippen molar-refractivity contribution in [3.05, 3.63) is 59.2 Å². The molecule has 4 amide bonds. The lowest BCUT2D eigenvalue weighted by molar-refractivity contribution is -0.697. The van der Waals surface area contributed by atoms with Gasteiger partial charge in [-0.2, -0.15) is 0 Å². The second-order valence-electron chi connectivity index (χ2n) is 50.2. The van der Waals surface area contributed by atoms with Crippen LogP contribution >= 0.6 is 0 Å². The Morgan fingerprint density at radius 3 is 0.389 bits per heavy atom. The molecule has 0 unspecified atom stereocenters. The number of carbonyl (C=O) groups excluding carboxylic acids is 16. The molecular formula is C110H182N6O28+2. The Hall–Kier alpha value is -10.2. The van der Waals surface area contributed by atoms with E-state index in [1.54, 1.807) is 258 Å². The smallest absolute Gasteiger partial charge is 0.306 e. The molecule has 2 rings (SSSR count). The molecule has 0 fully saturated rings. The molecule has 0 radical (unpaired) electrons. The third kappa shape index (κ3) is 60.7. The zero-order valence-corrected chi connectivity index (χ0v) is 94.4. The van der Waals surface area contributed by atoms with Crippen LogP contribution in [0.2, 0.25) is 0 Å². The van der Waals surface area contributed by atoms with Gasteiger partial charge in [0.25, 0.3) is 23.6 Å². The molecule has 0 aliphatic rings. The van der Waals surface area contributed by atoms with E-state index in [1.807, 2.05) is 0 Å². The standard InChI is InChI=1S/C110H180N6O28/c1-95(2,3)133-79(117)43-55-107(56-44-80(118)134-96(4,5)6,57-45-81(119)135-97(7,8)9)111-91(129)75-69-76(92(130)112-108(58-46-82(120)136-98(10,11)12,59-47-83(121)137-99(13,14)15)60-48-84(122)138-100(16,17)18)72-115(71-75)67-41-39-37-38-40-42-68-116-73-77(93(131)113-109(61-49-85(123)139-101(19,20)21,62-50-86(124)140-102(22,23)24)63-51-87(125)141-103(25,26)27)70-78(74-116)94(132)114-110(64-52-88(126)142-104(28,29)30,65-53-89(127)143-105(31,32)33)66-54-90(128)144-106(34,35)36/h69-74H,37-68H2,1-36H3,(H2-2,111,112,113,114,129,130,131,132)/p+2. The number of amides is 4. The topological polar surface area (TPSA) is 440 Å². The molecule has 0 spiro atoms. The van der Waals surface area contributed by atoms with Crippen molar-refractivity contribution in [1.82, 2.24) is 21.3 Å². The van der Waals surface area contributed by atoms with Gasteiger partial charge >= 0.3 is 71.6 Å². The van der Waals surface area contributed by atoms with Crippen molar-refractivity contribution in [2.45, 2.75) is 544 Å². The molecular weight excluding hydrogens is 1850 g/mol. The van der Waals surface area contributed by atoms with Crippen molar-refractivity contribution in [3.8, 4) is 0 Å². The van der Waals surface area contributed by atoms with Gasteiger partial charge in [-0.1, -0.05) is 12.8 Å². The highest BCUT2D eigenvalue weighted by Gasteiger charge is 2.44. The number of hydrogen-bond acceptors (Lipinski definition) is 28. The molecule has 4 N–H and O–H groups in total. The summed E-state index contributed by atoms with van der Waals surface area (Å²) in [6.45, 7) is 61.5. The number of nitrogens with one attached hydrogen (secondary N) is 4. The zero-order chi connectivity index (χ0) is 111. The van der Waals surface area contributed by atoms with Crippen LogP contribution in [0.25, 0.3) is 0 Å². The lowest BCUT2D eigenvalue weighted by Crippen LogP contribution is -2.51. The maximum atomic E-state index is 15.8. The molecule has 0 bridgehead atoms. The van der Waals surface area contributed by atoms with Gasteiger partial charge in [-0.05, 0) is 351 Å². The van der Waals surface area contributed by atoms with Gasteiger partial charge in [-0.3, -0.25) is 76.7 Å². The molecule has 0 saturated carbocycles. The molecule has 0 saturated heterocycles. The predicted octanol–water partition coefficient (Wildman–Crippen LogP) is 18.6. The number of nitrogens with zero attached hydrogens (tertiary/aromatic N) is 2. The number of ether oxygens (including phenoxy) is 12. The van der Waals surface area contributed by atoms with Crippen molar-refractivity contribution in [2.75, 3.05) is 0 Å². The Labute approximate surface area is 858 Å². The molecule has 0 atom stereocenters.